The van der Waals surface area contributed by atoms with Crippen molar-refractivity contribution in [3.8, 4) is 11.5 Å². The lowest BCUT2D eigenvalue weighted by molar-refractivity contribution is -0.135. The monoisotopic (exact) mass is 299 g/mol. The fourth-order valence-electron chi connectivity index (χ4n) is 1.79. The van der Waals surface area contributed by atoms with Gasteiger partial charge in [0.1, 0.15) is 0 Å². The molecule has 21 heavy (non-hydrogen) atoms. The molecule has 4 nitrogen and oxygen atoms in total. The highest BCUT2D eigenvalue weighted by Gasteiger charge is 2.25. The predicted octanol–water partition coefficient (Wildman–Crippen LogP) is 3.56. The summed E-state index contributed by atoms with van der Waals surface area (Å²) in [6, 6.07) is 9.36. The van der Waals surface area contributed by atoms with E-state index in [1.165, 1.54) is 0 Å². The standard InChI is InChI=1S/C14H16F3N3O/c15-14(16,17)8-4-5-9-18-10-12-19-20-13(21-12)11-6-2-1-3-7-11/h1-3,6-7,18H,4-5,8-10H2. The van der Waals surface area contributed by atoms with Crippen LogP contribution in [0.3, 0.4) is 0 Å². The van der Waals surface area contributed by atoms with Crippen molar-refractivity contribution in [2.75, 3.05) is 6.54 Å². The van der Waals surface area contributed by atoms with E-state index in [2.05, 4.69) is 15.5 Å². The summed E-state index contributed by atoms with van der Waals surface area (Å²) in [7, 11) is 0. The van der Waals surface area contributed by atoms with Crippen LogP contribution in [-0.2, 0) is 6.54 Å². The summed E-state index contributed by atoms with van der Waals surface area (Å²) in [4.78, 5) is 0. The Morgan fingerprint density at radius 3 is 2.52 bits per heavy atom. The number of aromatic nitrogens is 2. The topological polar surface area (TPSA) is 51.0 Å². The molecule has 1 aromatic carbocycles. The maximum Gasteiger partial charge on any atom is 0.389 e. The van der Waals surface area contributed by atoms with Gasteiger partial charge in [-0.25, -0.2) is 0 Å². The second kappa shape index (κ2) is 7.21. The first-order valence-electron chi connectivity index (χ1n) is 6.70. The fourth-order valence-corrected chi connectivity index (χ4v) is 1.79. The molecule has 0 aliphatic carbocycles. The lowest BCUT2D eigenvalue weighted by Gasteiger charge is -2.05. The van der Waals surface area contributed by atoms with E-state index in [0.29, 0.717) is 31.3 Å². The maximum atomic E-state index is 11.9. The highest BCUT2D eigenvalue weighted by molar-refractivity contribution is 5.51. The Kier molecular flexibility index (Phi) is 5.32. The van der Waals surface area contributed by atoms with E-state index in [-0.39, 0.29) is 6.42 Å². The van der Waals surface area contributed by atoms with Crippen molar-refractivity contribution < 1.29 is 17.6 Å². The number of hydrogen-bond donors (Lipinski definition) is 1. The Bertz CT molecular complexity index is 540. The molecule has 2 aromatic rings. The van der Waals surface area contributed by atoms with Gasteiger partial charge >= 0.3 is 6.18 Å². The van der Waals surface area contributed by atoms with E-state index < -0.39 is 12.6 Å². The number of nitrogens with zero attached hydrogens (tertiary/aromatic N) is 2. The molecule has 0 saturated heterocycles. The third kappa shape index (κ3) is 5.55. The average Bonchev–Trinajstić information content (AvgIpc) is 2.91. The van der Waals surface area contributed by atoms with Crippen molar-refractivity contribution >= 4 is 0 Å². The molecule has 0 spiro atoms. The first-order chi connectivity index (χ1) is 10.0. The van der Waals surface area contributed by atoms with Crippen LogP contribution in [0, 0.1) is 0 Å². The summed E-state index contributed by atoms with van der Waals surface area (Å²) < 4.78 is 41.3. The Labute approximate surface area is 120 Å². The predicted molar refractivity (Wildman–Crippen MR) is 71.3 cm³/mol. The fraction of sp³-hybridized carbons (Fsp3) is 0.429. The molecule has 1 heterocycles. The minimum Gasteiger partial charge on any atom is -0.419 e. The number of alkyl halides is 3. The molecule has 1 aromatic heterocycles. The molecular weight excluding hydrogens is 283 g/mol. The quantitative estimate of drug-likeness (QED) is 0.794. The molecule has 0 atom stereocenters. The molecule has 0 amide bonds. The number of nitrogens with one attached hydrogen (secondary N) is 1. The van der Waals surface area contributed by atoms with Crippen molar-refractivity contribution in [1.29, 1.82) is 0 Å². The first-order valence-corrected chi connectivity index (χ1v) is 6.70. The number of benzene rings is 1. The number of unbranched alkanes of at least 4 members (excludes halogenated alkanes) is 1. The second-order valence-electron chi connectivity index (χ2n) is 4.62. The summed E-state index contributed by atoms with van der Waals surface area (Å²) in [6.07, 6.45) is -4.24. The number of halogens is 3. The molecular formula is C14H16F3N3O. The number of rotatable bonds is 7. The van der Waals surface area contributed by atoms with E-state index in [1.54, 1.807) is 0 Å². The van der Waals surface area contributed by atoms with Gasteiger partial charge in [0.2, 0.25) is 11.8 Å². The van der Waals surface area contributed by atoms with Crippen LogP contribution in [0.4, 0.5) is 13.2 Å². The van der Waals surface area contributed by atoms with Gasteiger partial charge in [-0.2, -0.15) is 13.2 Å². The van der Waals surface area contributed by atoms with Crippen LogP contribution in [0.2, 0.25) is 0 Å². The van der Waals surface area contributed by atoms with Gasteiger partial charge in [-0.3, -0.25) is 0 Å². The summed E-state index contributed by atoms with van der Waals surface area (Å²) >= 11 is 0. The molecule has 0 unspecified atom stereocenters. The molecule has 1 N–H and O–H groups in total. The Morgan fingerprint density at radius 1 is 1.05 bits per heavy atom. The zero-order chi connectivity index (χ0) is 15.1. The lowest BCUT2D eigenvalue weighted by atomic mass is 10.2. The van der Waals surface area contributed by atoms with E-state index >= 15 is 0 Å². The maximum absolute atomic E-state index is 11.9. The van der Waals surface area contributed by atoms with Crippen LogP contribution in [0.15, 0.2) is 34.7 Å². The van der Waals surface area contributed by atoms with Gasteiger partial charge in [0, 0.05) is 12.0 Å². The smallest absolute Gasteiger partial charge is 0.389 e. The molecule has 0 aliphatic rings. The van der Waals surface area contributed by atoms with Gasteiger partial charge in [0.25, 0.3) is 0 Å². The summed E-state index contributed by atoms with van der Waals surface area (Å²) in [5, 5.41) is 10.8. The zero-order valence-electron chi connectivity index (χ0n) is 11.4. The largest absolute Gasteiger partial charge is 0.419 e. The van der Waals surface area contributed by atoms with E-state index in [0.717, 1.165) is 5.56 Å². The molecule has 114 valence electrons. The highest BCUT2D eigenvalue weighted by atomic mass is 19.4. The van der Waals surface area contributed by atoms with Crippen molar-refractivity contribution in [3.63, 3.8) is 0 Å². The van der Waals surface area contributed by atoms with Crippen molar-refractivity contribution in [3.05, 3.63) is 36.2 Å². The Hall–Kier alpha value is -1.89. The molecule has 0 aliphatic heterocycles. The van der Waals surface area contributed by atoms with E-state index in [4.69, 9.17) is 4.42 Å². The molecule has 0 saturated carbocycles. The van der Waals surface area contributed by atoms with E-state index in [1.807, 2.05) is 30.3 Å². The molecule has 2 rings (SSSR count). The molecule has 0 bridgehead atoms. The lowest BCUT2D eigenvalue weighted by Crippen LogP contribution is -2.16. The molecule has 7 heteroatoms. The van der Waals surface area contributed by atoms with Gasteiger partial charge in [0.05, 0.1) is 6.54 Å². The van der Waals surface area contributed by atoms with Crippen molar-refractivity contribution in [2.45, 2.75) is 32.0 Å². The normalized spacial score (nSPS) is 11.8. The first kappa shape index (κ1) is 15.5. The minimum atomic E-state index is -4.07. The minimum absolute atomic E-state index is 0.121. The van der Waals surface area contributed by atoms with Crippen molar-refractivity contribution in [1.82, 2.24) is 15.5 Å². The zero-order valence-corrected chi connectivity index (χ0v) is 11.4. The summed E-state index contributed by atoms with van der Waals surface area (Å²) in [5.41, 5.74) is 0.835. The van der Waals surface area contributed by atoms with Crippen LogP contribution in [0.5, 0.6) is 0 Å². The van der Waals surface area contributed by atoms with Crippen LogP contribution in [-0.4, -0.2) is 22.9 Å². The molecule has 0 fully saturated rings. The third-order valence-corrected chi connectivity index (χ3v) is 2.83. The van der Waals surface area contributed by atoms with Gasteiger partial charge < -0.3 is 9.73 Å². The van der Waals surface area contributed by atoms with Gasteiger partial charge in [-0.1, -0.05) is 18.2 Å². The van der Waals surface area contributed by atoms with Crippen LogP contribution >= 0.6 is 0 Å². The SMILES string of the molecule is FC(F)(F)CCCCNCc1nnc(-c2ccccc2)o1. The van der Waals surface area contributed by atoms with Crippen LogP contribution in [0.25, 0.3) is 11.5 Å². The summed E-state index contributed by atoms with van der Waals surface area (Å²) in [6.45, 7) is 0.838. The Balaban J connectivity index is 1.69. The van der Waals surface area contributed by atoms with Crippen molar-refractivity contribution in [2.24, 2.45) is 0 Å². The van der Waals surface area contributed by atoms with Crippen LogP contribution < -0.4 is 5.32 Å². The Morgan fingerprint density at radius 2 is 1.81 bits per heavy atom. The van der Waals surface area contributed by atoms with Gasteiger partial charge in [0.15, 0.2) is 0 Å². The third-order valence-electron chi connectivity index (χ3n) is 2.83. The molecule has 0 radical (unpaired) electrons. The van der Waals surface area contributed by atoms with Gasteiger partial charge in [-0.05, 0) is 31.5 Å². The van der Waals surface area contributed by atoms with E-state index in [9.17, 15) is 13.2 Å². The highest BCUT2D eigenvalue weighted by Crippen LogP contribution is 2.22. The summed E-state index contributed by atoms with van der Waals surface area (Å²) in [5.74, 6) is 0.856. The van der Waals surface area contributed by atoms with Gasteiger partial charge in [-0.15, -0.1) is 10.2 Å². The average molecular weight is 299 g/mol. The number of hydrogen-bond acceptors (Lipinski definition) is 4. The second-order valence-corrected chi connectivity index (χ2v) is 4.62. The van der Waals surface area contributed by atoms with Crippen LogP contribution in [0.1, 0.15) is 25.2 Å².